The van der Waals surface area contributed by atoms with Crippen molar-refractivity contribution >= 4 is 5.97 Å². The van der Waals surface area contributed by atoms with Gasteiger partial charge in [-0.15, -0.1) is 5.10 Å². The van der Waals surface area contributed by atoms with Crippen molar-refractivity contribution in [3.8, 4) is 0 Å². The number of hydrogen-bond donors (Lipinski definition) is 1. The molecule has 0 atom stereocenters. The second-order valence-electron chi connectivity index (χ2n) is 7.23. The Labute approximate surface area is 118 Å². The van der Waals surface area contributed by atoms with Gasteiger partial charge in [-0.3, -0.25) is 0 Å². The van der Waals surface area contributed by atoms with Crippen molar-refractivity contribution in [1.29, 1.82) is 0 Å². The number of carboxylic acid groups (broad SMARTS) is 1. The minimum absolute atomic E-state index is 0.0985. The van der Waals surface area contributed by atoms with Gasteiger partial charge < -0.3 is 5.11 Å². The number of aromatic nitrogens is 2. The molecule has 5 rings (SSSR count). The van der Waals surface area contributed by atoms with E-state index in [-0.39, 0.29) is 11.1 Å². The van der Waals surface area contributed by atoms with E-state index in [4.69, 9.17) is 0 Å². The second-order valence-corrected chi connectivity index (χ2v) is 7.23. The third kappa shape index (κ3) is 1.70. The van der Waals surface area contributed by atoms with Crippen molar-refractivity contribution in [3.05, 3.63) is 23.0 Å². The number of carboxylic acids is 1. The summed E-state index contributed by atoms with van der Waals surface area (Å²) < 4.78 is 0. The lowest BCUT2D eigenvalue weighted by Gasteiger charge is -2.57. The van der Waals surface area contributed by atoms with Crippen LogP contribution >= 0.6 is 0 Å². The Morgan fingerprint density at radius 3 is 2.20 bits per heavy atom. The number of aryl methyl sites for hydroxylation is 1. The Hall–Kier alpha value is -1.45. The van der Waals surface area contributed by atoms with E-state index in [1.54, 1.807) is 6.07 Å². The van der Waals surface area contributed by atoms with Gasteiger partial charge >= 0.3 is 5.97 Å². The van der Waals surface area contributed by atoms with Gasteiger partial charge in [0.1, 0.15) is 0 Å². The molecule has 1 N–H and O–H groups in total. The summed E-state index contributed by atoms with van der Waals surface area (Å²) >= 11 is 0. The SMILES string of the molecule is Cc1nnc(C(=O)O)cc1C12CC3CC(CC(C3)C1)C2. The second kappa shape index (κ2) is 4.03. The van der Waals surface area contributed by atoms with Crippen LogP contribution in [0.3, 0.4) is 0 Å². The maximum absolute atomic E-state index is 11.2. The summed E-state index contributed by atoms with van der Waals surface area (Å²) in [5.41, 5.74) is 2.39. The molecular weight excluding hydrogens is 252 g/mol. The molecule has 1 aromatic heterocycles. The first kappa shape index (κ1) is 12.3. The Morgan fingerprint density at radius 1 is 1.15 bits per heavy atom. The fraction of sp³-hybridized carbons (Fsp3) is 0.688. The van der Waals surface area contributed by atoms with E-state index in [1.165, 1.54) is 44.1 Å². The molecule has 20 heavy (non-hydrogen) atoms. The topological polar surface area (TPSA) is 63.1 Å². The van der Waals surface area contributed by atoms with Gasteiger partial charge in [-0.1, -0.05) is 0 Å². The zero-order chi connectivity index (χ0) is 13.9. The molecule has 1 aromatic rings. The fourth-order valence-electron chi connectivity index (χ4n) is 5.53. The summed E-state index contributed by atoms with van der Waals surface area (Å²) in [5.74, 6) is 1.58. The third-order valence-electron chi connectivity index (χ3n) is 5.81. The highest BCUT2D eigenvalue weighted by atomic mass is 16.4. The van der Waals surface area contributed by atoms with E-state index in [1.807, 2.05) is 6.92 Å². The zero-order valence-electron chi connectivity index (χ0n) is 11.8. The first-order valence-electron chi connectivity index (χ1n) is 7.64. The molecular formula is C16H20N2O2. The van der Waals surface area contributed by atoms with Crippen LogP contribution in [0.25, 0.3) is 0 Å². The van der Waals surface area contributed by atoms with Gasteiger partial charge in [0.25, 0.3) is 0 Å². The van der Waals surface area contributed by atoms with Gasteiger partial charge in [0.05, 0.1) is 5.69 Å². The lowest BCUT2D eigenvalue weighted by atomic mass is 9.48. The van der Waals surface area contributed by atoms with Crippen LogP contribution in [-0.4, -0.2) is 21.3 Å². The van der Waals surface area contributed by atoms with Crippen molar-refractivity contribution in [2.75, 3.05) is 0 Å². The first-order chi connectivity index (χ1) is 9.56. The van der Waals surface area contributed by atoms with E-state index in [0.717, 1.165) is 23.4 Å². The van der Waals surface area contributed by atoms with E-state index < -0.39 is 5.97 Å². The molecule has 1 heterocycles. The van der Waals surface area contributed by atoms with Crippen molar-refractivity contribution in [2.45, 2.75) is 50.9 Å². The molecule has 0 aromatic carbocycles. The largest absolute Gasteiger partial charge is 0.476 e. The summed E-state index contributed by atoms with van der Waals surface area (Å²) in [5, 5.41) is 17.1. The van der Waals surface area contributed by atoms with Gasteiger partial charge in [-0.25, -0.2) is 4.79 Å². The van der Waals surface area contributed by atoms with Crippen molar-refractivity contribution in [2.24, 2.45) is 17.8 Å². The number of rotatable bonds is 2. The summed E-state index contributed by atoms with van der Waals surface area (Å²) in [6.45, 7) is 1.98. The summed E-state index contributed by atoms with van der Waals surface area (Å²) in [6, 6.07) is 1.80. The normalized spacial score (nSPS) is 38.1. The molecule has 4 aliphatic rings. The van der Waals surface area contributed by atoms with Crippen molar-refractivity contribution in [3.63, 3.8) is 0 Å². The quantitative estimate of drug-likeness (QED) is 0.899. The lowest BCUT2D eigenvalue weighted by molar-refractivity contribution is -0.00576. The van der Waals surface area contributed by atoms with Gasteiger partial charge in [0.15, 0.2) is 5.69 Å². The predicted molar refractivity (Wildman–Crippen MR) is 73.6 cm³/mol. The minimum atomic E-state index is -0.969. The van der Waals surface area contributed by atoms with E-state index in [0.29, 0.717) is 0 Å². The number of hydrogen-bond acceptors (Lipinski definition) is 3. The van der Waals surface area contributed by atoms with Crippen molar-refractivity contribution in [1.82, 2.24) is 10.2 Å². The smallest absolute Gasteiger partial charge is 0.356 e. The fourth-order valence-corrected chi connectivity index (χ4v) is 5.53. The highest BCUT2D eigenvalue weighted by molar-refractivity contribution is 5.85. The molecule has 4 bridgehead atoms. The molecule has 106 valence electrons. The molecule has 4 heteroatoms. The van der Waals surface area contributed by atoms with Gasteiger partial charge in [0.2, 0.25) is 0 Å². The van der Waals surface area contributed by atoms with Gasteiger partial charge in [-0.2, -0.15) is 5.10 Å². The van der Waals surface area contributed by atoms with Crippen LogP contribution in [0.2, 0.25) is 0 Å². The lowest BCUT2D eigenvalue weighted by Crippen LogP contribution is -2.49. The molecule has 0 radical (unpaired) electrons. The number of aromatic carboxylic acids is 1. The summed E-state index contributed by atoms with van der Waals surface area (Å²) in [4.78, 5) is 11.2. The Kier molecular flexibility index (Phi) is 2.48. The monoisotopic (exact) mass is 272 g/mol. The molecule has 4 nitrogen and oxygen atoms in total. The number of nitrogens with zero attached hydrogens (tertiary/aromatic N) is 2. The highest BCUT2D eigenvalue weighted by Crippen LogP contribution is 2.60. The van der Waals surface area contributed by atoms with Crippen LogP contribution < -0.4 is 0 Å². The Balaban J connectivity index is 1.80. The minimum Gasteiger partial charge on any atom is -0.476 e. The standard InChI is InChI=1S/C16H20N2O2/c1-9-13(5-14(15(19)20)18-17-9)16-6-10-2-11(7-16)4-12(3-10)8-16/h5,10-12H,2-4,6-8H2,1H3,(H,19,20). The molecule has 4 aliphatic carbocycles. The third-order valence-corrected chi connectivity index (χ3v) is 5.81. The maximum Gasteiger partial charge on any atom is 0.356 e. The molecule has 0 saturated heterocycles. The van der Waals surface area contributed by atoms with Crippen LogP contribution in [0, 0.1) is 24.7 Å². The van der Waals surface area contributed by atoms with Crippen molar-refractivity contribution < 1.29 is 9.90 Å². The van der Waals surface area contributed by atoms with Crippen LogP contribution in [0.1, 0.15) is 60.3 Å². The summed E-state index contributed by atoms with van der Waals surface area (Å²) in [7, 11) is 0. The van der Waals surface area contributed by atoms with E-state index in [2.05, 4.69) is 10.2 Å². The molecule has 4 saturated carbocycles. The molecule has 0 aliphatic heterocycles. The molecule has 4 fully saturated rings. The molecule has 0 unspecified atom stereocenters. The Bertz CT molecular complexity index is 547. The van der Waals surface area contributed by atoms with Crippen LogP contribution in [0.5, 0.6) is 0 Å². The summed E-state index contributed by atoms with van der Waals surface area (Å²) in [6.07, 6.45) is 7.85. The van der Waals surface area contributed by atoms with Gasteiger partial charge in [0, 0.05) is 0 Å². The average Bonchev–Trinajstić information content (AvgIpc) is 2.37. The Morgan fingerprint density at radius 2 is 1.70 bits per heavy atom. The van der Waals surface area contributed by atoms with Crippen LogP contribution in [-0.2, 0) is 5.41 Å². The predicted octanol–water partition coefficient (Wildman–Crippen LogP) is 2.95. The average molecular weight is 272 g/mol. The molecule has 0 spiro atoms. The van der Waals surface area contributed by atoms with Gasteiger partial charge in [-0.05, 0) is 80.2 Å². The van der Waals surface area contributed by atoms with Crippen LogP contribution in [0.15, 0.2) is 6.07 Å². The highest BCUT2D eigenvalue weighted by Gasteiger charge is 2.52. The first-order valence-corrected chi connectivity index (χ1v) is 7.64. The van der Waals surface area contributed by atoms with E-state index in [9.17, 15) is 9.90 Å². The van der Waals surface area contributed by atoms with Crippen LogP contribution in [0.4, 0.5) is 0 Å². The number of carbonyl (C=O) groups is 1. The maximum atomic E-state index is 11.2. The molecule has 0 amide bonds. The zero-order valence-corrected chi connectivity index (χ0v) is 11.8. The van der Waals surface area contributed by atoms with E-state index >= 15 is 0 Å².